The minimum atomic E-state index is -6.93. The Bertz CT molecular complexity index is 1930. The van der Waals surface area contributed by atoms with Gasteiger partial charge in [0.1, 0.15) is 0 Å². The molecule has 1 atom stereocenters. The molecule has 24 nitrogen and oxygen atoms in total. The third kappa shape index (κ3) is 72.5. The molecule has 0 aromatic heterocycles. The highest BCUT2D eigenvalue weighted by atomic mass is 19.4. The van der Waals surface area contributed by atoms with Gasteiger partial charge in [0.25, 0.3) is 0 Å². The summed E-state index contributed by atoms with van der Waals surface area (Å²) in [5.74, 6) is -20.6. The van der Waals surface area contributed by atoms with Crippen molar-refractivity contribution in [2.24, 2.45) is 11.3 Å². The number of esters is 2. The minimum Gasteiger partial charge on any atom is -0.465 e. The van der Waals surface area contributed by atoms with Gasteiger partial charge in [0, 0.05) is 271 Å². The first-order valence-electron chi connectivity index (χ1n) is 40.7. The average molecular weight is 1640 g/mol. The Labute approximate surface area is 658 Å². The summed E-state index contributed by atoms with van der Waals surface area (Å²) in [4.78, 5) is 23.0. The molecule has 0 spiro atoms. The molecule has 0 fully saturated rings. The van der Waals surface area contributed by atoms with Crippen LogP contribution in [-0.2, 0) is 114 Å². The summed E-state index contributed by atoms with van der Waals surface area (Å²) < 4.78 is 235. The van der Waals surface area contributed by atoms with Gasteiger partial charge in [-0.1, -0.05) is 20.8 Å². The highest BCUT2D eigenvalue weighted by molar-refractivity contribution is 5.75. The van der Waals surface area contributed by atoms with Crippen LogP contribution in [0.25, 0.3) is 0 Å². The molecule has 0 aromatic carbocycles. The van der Waals surface area contributed by atoms with E-state index in [0.717, 1.165) is 168 Å². The Balaban J connectivity index is 0. The summed E-state index contributed by atoms with van der Waals surface area (Å²) in [6, 6.07) is 0. The molecule has 0 aliphatic rings. The number of alkyl halides is 9. The molecule has 0 aliphatic heterocycles. The summed E-state index contributed by atoms with van der Waals surface area (Å²) >= 11 is 0. The summed E-state index contributed by atoms with van der Waals surface area (Å²) in [7, 11) is 1.71. The Morgan fingerprint density at radius 1 is 0.261 bits per heavy atom. The second-order valence-electron chi connectivity index (χ2n) is 26.7. The number of hydrogen-bond donors (Lipinski definition) is 0. The number of rotatable bonds is 89. The van der Waals surface area contributed by atoms with Crippen molar-refractivity contribution in [1.82, 2.24) is 0 Å². The Morgan fingerprint density at radius 3 is 0.604 bits per heavy atom. The predicted octanol–water partition coefficient (Wildman–Crippen LogP) is 14.2. The van der Waals surface area contributed by atoms with E-state index in [9.17, 15) is 49.1 Å². The molecule has 0 aromatic rings. The van der Waals surface area contributed by atoms with Crippen LogP contribution in [0.3, 0.4) is 0 Å². The summed E-state index contributed by atoms with van der Waals surface area (Å²) in [6.07, 6.45) is 9.55. The van der Waals surface area contributed by atoms with Crippen molar-refractivity contribution in [2.45, 2.75) is 206 Å². The van der Waals surface area contributed by atoms with Gasteiger partial charge >= 0.3 is 35.9 Å². The molecule has 0 saturated carbocycles. The quantitative estimate of drug-likeness (QED) is 0.0312. The number of methoxy groups -OCH3 is 1. The SMILES string of the molecule is CCC(C)(C)C(=O)OCCC(F)(F)C(F)(F)C(F)(F)C(F)(F)F.CCC(C)C(=O)OCCCOCCCOCCCOCCCOCCCOCCCOCCCOCCCOCCCOCCCOCCCOCCCOCCCOCCCOCCCOCCCOCCCOCCCOCCCOCCCOC. The Kier molecular flexibility index (Phi) is 80.9. The lowest BCUT2D eigenvalue weighted by molar-refractivity contribution is -0.397. The van der Waals surface area contributed by atoms with Gasteiger partial charge in [-0.25, -0.2) is 0 Å². The number of halogens is 9. The van der Waals surface area contributed by atoms with Crippen LogP contribution in [0.4, 0.5) is 39.5 Å². The number of hydrogen-bond acceptors (Lipinski definition) is 24. The number of ether oxygens (including phenoxy) is 22. The molecule has 0 heterocycles. The van der Waals surface area contributed by atoms with Crippen LogP contribution < -0.4 is 0 Å². The Hall–Kier alpha value is -2.49. The summed E-state index contributed by atoms with van der Waals surface area (Å²) in [5, 5.41) is 0. The van der Waals surface area contributed by atoms with E-state index in [0.29, 0.717) is 231 Å². The van der Waals surface area contributed by atoms with E-state index in [2.05, 4.69) is 4.74 Å². The normalized spacial score (nSPS) is 12.6. The highest BCUT2D eigenvalue weighted by Gasteiger charge is 2.81. The van der Waals surface area contributed by atoms with E-state index in [1.807, 2.05) is 13.8 Å². The molecule has 0 rings (SSSR count). The van der Waals surface area contributed by atoms with Gasteiger partial charge in [0.2, 0.25) is 0 Å². The second-order valence-corrected chi connectivity index (χ2v) is 26.7. The van der Waals surface area contributed by atoms with Crippen molar-refractivity contribution in [3.8, 4) is 0 Å². The second kappa shape index (κ2) is 81.3. The first kappa shape index (κ1) is 111. The van der Waals surface area contributed by atoms with Crippen molar-refractivity contribution in [1.29, 1.82) is 0 Å². The van der Waals surface area contributed by atoms with Crippen LogP contribution in [0.1, 0.15) is 182 Å². The molecule has 0 aliphatic carbocycles. The fourth-order valence-corrected chi connectivity index (χ4v) is 8.80. The van der Waals surface area contributed by atoms with Gasteiger partial charge < -0.3 is 104 Å². The van der Waals surface area contributed by atoms with Crippen molar-refractivity contribution >= 4 is 11.9 Å². The lowest BCUT2D eigenvalue weighted by atomic mass is 9.91. The molecule has 0 N–H and O–H groups in total. The van der Waals surface area contributed by atoms with Crippen molar-refractivity contribution < 1.29 is 153 Å². The van der Waals surface area contributed by atoms with Crippen molar-refractivity contribution in [2.75, 3.05) is 278 Å². The van der Waals surface area contributed by atoms with Crippen LogP contribution in [0.15, 0.2) is 0 Å². The van der Waals surface area contributed by atoms with E-state index >= 15 is 0 Å². The maximum absolute atomic E-state index is 13.1. The van der Waals surface area contributed by atoms with Gasteiger partial charge in [0.05, 0.1) is 31.0 Å². The highest BCUT2D eigenvalue weighted by Crippen LogP contribution is 2.54. The van der Waals surface area contributed by atoms with Crippen LogP contribution in [0, 0.1) is 11.3 Å². The maximum Gasteiger partial charge on any atom is 0.460 e. The monoisotopic (exact) mass is 1640 g/mol. The minimum absolute atomic E-state index is 0.0378. The van der Waals surface area contributed by atoms with Gasteiger partial charge in [0.15, 0.2) is 0 Å². The standard InChI is InChI=1S/C66H132O22.C12H15F9O2/c1-4-65(2)66(67)88-64-24-63-87-62-23-61-86-60-22-59-85-58-21-57-84-56-20-55-83-54-19-53-82-52-18-51-81-50-17-49-80-48-16-47-79-46-15-45-78-44-14-43-77-42-13-41-76-40-12-39-75-38-11-37-74-36-10-35-73-34-9-33-72-32-8-31-71-30-7-29-70-28-6-27-69-26-5-25-68-3;1-4-8(2,3)7(22)23-6-5-9(13,14)10(15,16)11(17,18)12(19,20)21/h65H,4-64H2,1-3H3;4-6H2,1-3H3. The maximum atomic E-state index is 13.1. The average Bonchev–Trinajstić information content (AvgIpc) is 0.747. The van der Waals surface area contributed by atoms with Gasteiger partial charge in [-0.3, -0.25) is 9.59 Å². The molecular weight excluding hydrogens is 1490 g/mol. The predicted molar refractivity (Wildman–Crippen MR) is 401 cm³/mol. The molecular formula is C78H147F9O24. The fraction of sp³-hybridized carbons (Fsp3) is 0.974. The first-order valence-corrected chi connectivity index (χ1v) is 40.7. The molecule has 0 amide bonds. The zero-order valence-corrected chi connectivity index (χ0v) is 68.5. The molecule has 33 heteroatoms. The lowest BCUT2D eigenvalue weighted by Gasteiger charge is -2.33. The number of carbonyl (C=O) groups excluding carboxylic acids is 2. The summed E-state index contributed by atoms with van der Waals surface area (Å²) in [5.41, 5.74) is -1.15. The fourth-order valence-electron chi connectivity index (χ4n) is 8.80. The topological polar surface area (TPSA) is 237 Å². The van der Waals surface area contributed by atoms with Gasteiger partial charge in [-0.05, 0) is 149 Å². The van der Waals surface area contributed by atoms with E-state index < -0.39 is 48.4 Å². The van der Waals surface area contributed by atoms with E-state index in [-0.39, 0.29) is 18.3 Å². The van der Waals surface area contributed by atoms with Crippen LogP contribution in [0.2, 0.25) is 0 Å². The van der Waals surface area contributed by atoms with Gasteiger partial charge in [-0.15, -0.1) is 0 Å². The molecule has 0 radical (unpaired) electrons. The van der Waals surface area contributed by atoms with Gasteiger partial charge in [-0.2, -0.15) is 39.5 Å². The van der Waals surface area contributed by atoms with Crippen LogP contribution >= 0.6 is 0 Å². The van der Waals surface area contributed by atoms with Crippen molar-refractivity contribution in [3.05, 3.63) is 0 Å². The van der Waals surface area contributed by atoms with Crippen molar-refractivity contribution in [3.63, 3.8) is 0 Å². The Morgan fingerprint density at radius 2 is 0.441 bits per heavy atom. The van der Waals surface area contributed by atoms with Crippen LogP contribution in [-0.4, -0.2) is 314 Å². The van der Waals surface area contributed by atoms with E-state index in [1.54, 1.807) is 7.11 Å². The summed E-state index contributed by atoms with van der Waals surface area (Å²) in [6.45, 7) is 34.3. The zero-order chi connectivity index (χ0) is 82.0. The number of carbonyl (C=O) groups is 2. The largest absolute Gasteiger partial charge is 0.465 e. The third-order valence-electron chi connectivity index (χ3n) is 16.0. The first-order chi connectivity index (χ1) is 53.7. The third-order valence-corrected chi connectivity index (χ3v) is 16.0. The molecule has 1 unspecified atom stereocenters. The van der Waals surface area contributed by atoms with E-state index in [1.165, 1.54) is 20.8 Å². The molecule has 666 valence electrons. The lowest BCUT2D eigenvalue weighted by Crippen LogP contribution is -2.61. The molecule has 111 heavy (non-hydrogen) atoms. The zero-order valence-electron chi connectivity index (χ0n) is 68.5. The smallest absolute Gasteiger partial charge is 0.460 e. The molecule has 0 saturated heterocycles. The van der Waals surface area contributed by atoms with E-state index in [4.69, 9.17) is 99.5 Å². The molecule has 0 bridgehead atoms. The van der Waals surface area contributed by atoms with Crippen LogP contribution in [0.5, 0.6) is 0 Å².